The van der Waals surface area contributed by atoms with Crippen LogP contribution in [0.25, 0.3) is 0 Å². The van der Waals surface area contributed by atoms with Crippen LogP contribution in [0.2, 0.25) is 0 Å². The summed E-state index contributed by atoms with van der Waals surface area (Å²) < 4.78 is 5.92. The topological polar surface area (TPSA) is 26.3 Å². The number of hydrogen-bond donors (Lipinski definition) is 0. The van der Waals surface area contributed by atoms with Crippen molar-refractivity contribution in [2.75, 3.05) is 0 Å². The van der Waals surface area contributed by atoms with Gasteiger partial charge in [0.2, 0.25) is 0 Å². The van der Waals surface area contributed by atoms with E-state index < -0.39 is 0 Å². The third-order valence-electron chi connectivity index (χ3n) is 14.0. The molecular weight excluding hydrogens is 416 g/mol. The van der Waals surface area contributed by atoms with Gasteiger partial charge in [-0.15, -0.1) is 0 Å². The molecule has 0 heterocycles. The molecular formula is C32H54O2. The van der Waals surface area contributed by atoms with Crippen molar-refractivity contribution in [1.82, 2.24) is 0 Å². The maximum atomic E-state index is 11.9. The lowest BCUT2D eigenvalue weighted by Crippen LogP contribution is -2.66. The van der Waals surface area contributed by atoms with Crippen LogP contribution in [0.15, 0.2) is 0 Å². The van der Waals surface area contributed by atoms with E-state index in [2.05, 4.69) is 55.4 Å². The van der Waals surface area contributed by atoms with E-state index in [4.69, 9.17) is 4.74 Å². The highest BCUT2D eigenvalue weighted by molar-refractivity contribution is 5.66. The van der Waals surface area contributed by atoms with Crippen molar-refractivity contribution in [2.24, 2.45) is 62.6 Å². The molecule has 0 bridgehead atoms. The molecule has 0 spiro atoms. The largest absolute Gasteiger partial charge is 0.462 e. The van der Waals surface area contributed by atoms with Gasteiger partial charge in [-0.05, 0) is 121 Å². The minimum atomic E-state index is -0.100. The fourth-order valence-electron chi connectivity index (χ4n) is 12.1. The summed E-state index contributed by atoms with van der Waals surface area (Å²) in [7, 11) is 0. The highest BCUT2D eigenvalue weighted by Crippen LogP contribution is 2.77. The van der Waals surface area contributed by atoms with E-state index >= 15 is 0 Å². The minimum absolute atomic E-state index is 0.0665. The summed E-state index contributed by atoms with van der Waals surface area (Å²) in [6.07, 6.45) is 13.8. The van der Waals surface area contributed by atoms with Gasteiger partial charge in [-0.3, -0.25) is 4.79 Å². The predicted molar refractivity (Wildman–Crippen MR) is 140 cm³/mol. The van der Waals surface area contributed by atoms with Gasteiger partial charge in [0.15, 0.2) is 0 Å². The molecule has 5 rings (SSSR count). The molecule has 2 heteroatoms. The fourth-order valence-corrected chi connectivity index (χ4v) is 12.1. The molecule has 5 aliphatic carbocycles. The first-order valence-electron chi connectivity index (χ1n) is 14.9. The number of carbonyl (C=O) groups excluding carboxylic acids is 1. The first kappa shape index (κ1) is 25.1. The van der Waals surface area contributed by atoms with Crippen LogP contribution in [0, 0.1) is 62.6 Å². The van der Waals surface area contributed by atoms with E-state index in [-0.39, 0.29) is 17.5 Å². The van der Waals surface area contributed by atoms with Crippen molar-refractivity contribution in [1.29, 1.82) is 0 Å². The fraction of sp³-hybridized carbons (Fsp3) is 0.969. The molecule has 5 saturated carbocycles. The summed E-state index contributed by atoms with van der Waals surface area (Å²) in [5.41, 5.74) is 1.94. The molecule has 0 N–H and O–H groups in total. The number of ether oxygens (including phenoxy) is 1. The number of rotatable bonds is 2. The summed E-state index contributed by atoms with van der Waals surface area (Å²) in [6, 6.07) is 0. The number of esters is 1. The molecule has 34 heavy (non-hydrogen) atoms. The van der Waals surface area contributed by atoms with Gasteiger partial charge in [0.05, 0.1) is 0 Å². The van der Waals surface area contributed by atoms with Crippen LogP contribution in [-0.2, 0) is 9.53 Å². The van der Waals surface area contributed by atoms with E-state index in [0.29, 0.717) is 27.6 Å². The van der Waals surface area contributed by atoms with Crippen molar-refractivity contribution in [3.8, 4) is 0 Å². The molecule has 0 amide bonds. The second-order valence-electron chi connectivity index (χ2n) is 15.8. The Morgan fingerprint density at radius 2 is 1.47 bits per heavy atom. The molecule has 194 valence electrons. The van der Waals surface area contributed by atoms with E-state index in [1.807, 2.05) is 0 Å². The lowest BCUT2D eigenvalue weighted by molar-refractivity contribution is -0.250. The van der Waals surface area contributed by atoms with Crippen LogP contribution in [0.5, 0.6) is 0 Å². The second-order valence-corrected chi connectivity index (χ2v) is 15.8. The van der Waals surface area contributed by atoms with Crippen LogP contribution in [0.3, 0.4) is 0 Å². The highest BCUT2D eigenvalue weighted by Gasteiger charge is 2.70. The second kappa shape index (κ2) is 7.74. The van der Waals surface area contributed by atoms with E-state index in [1.165, 1.54) is 57.8 Å². The molecule has 5 fully saturated rings. The molecule has 0 aromatic rings. The van der Waals surface area contributed by atoms with Crippen LogP contribution >= 0.6 is 0 Å². The standard InChI is InChI=1S/C32H54O2/c1-20(2)22-12-15-29(6)18-19-31(8)23(27(22)29)10-11-25-30(7)16-14-26(34-21(3)33)28(4,5)24(30)13-17-32(25,31)9/h20,22-27H,10-19H2,1-9H3/t22-,23+,24-,25+,26?,27+,29+,30-,31+,32+/m0/s1. The highest BCUT2D eigenvalue weighted by atomic mass is 16.5. The summed E-state index contributed by atoms with van der Waals surface area (Å²) in [5.74, 6) is 4.96. The van der Waals surface area contributed by atoms with Crippen LogP contribution in [0.1, 0.15) is 127 Å². The first-order valence-corrected chi connectivity index (χ1v) is 14.9. The van der Waals surface area contributed by atoms with Gasteiger partial charge >= 0.3 is 5.97 Å². The third kappa shape index (κ3) is 3.14. The van der Waals surface area contributed by atoms with E-state index in [9.17, 15) is 4.79 Å². The maximum Gasteiger partial charge on any atom is 0.302 e. The van der Waals surface area contributed by atoms with Gasteiger partial charge in [0.25, 0.3) is 0 Å². The monoisotopic (exact) mass is 470 g/mol. The molecule has 0 aromatic heterocycles. The molecule has 0 aliphatic heterocycles. The van der Waals surface area contributed by atoms with E-state index in [0.717, 1.165) is 36.0 Å². The molecule has 2 nitrogen and oxygen atoms in total. The summed E-state index contributed by atoms with van der Waals surface area (Å²) >= 11 is 0. The number of fused-ring (bicyclic) bond motifs is 7. The lowest BCUT2D eigenvalue weighted by atomic mass is 9.32. The quantitative estimate of drug-likeness (QED) is 0.377. The van der Waals surface area contributed by atoms with Crippen molar-refractivity contribution >= 4 is 5.97 Å². The minimum Gasteiger partial charge on any atom is -0.462 e. The SMILES string of the molecule is CC(=O)OC1CC[C@]2(C)[C@H]3CC[C@@H]4[C@H]5[C@H](C(C)C)CC[C@]5(C)CC[C@@]4(C)[C@]3(C)CC[C@H]2C1(C)C. The van der Waals surface area contributed by atoms with E-state index in [1.54, 1.807) is 6.92 Å². The van der Waals surface area contributed by atoms with Gasteiger partial charge in [0.1, 0.15) is 6.10 Å². The molecule has 0 aromatic carbocycles. The van der Waals surface area contributed by atoms with Crippen molar-refractivity contribution in [2.45, 2.75) is 133 Å². The molecule has 10 atom stereocenters. The summed E-state index contributed by atoms with van der Waals surface area (Å²) in [6.45, 7) is 22.3. The smallest absolute Gasteiger partial charge is 0.302 e. The van der Waals surface area contributed by atoms with Gasteiger partial charge < -0.3 is 4.74 Å². The van der Waals surface area contributed by atoms with Crippen molar-refractivity contribution in [3.63, 3.8) is 0 Å². The zero-order chi connectivity index (χ0) is 24.9. The van der Waals surface area contributed by atoms with Crippen LogP contribution < -0.4 is 0 Å². The summed E-state index contributed by atoms with van der Waals surface area (Å²) in [5, 5.41) is 0. The van der Waals surface area contributed by atoms with Crippen LogP contribution in [-0.4, -0.2) is 12.1 Å². The Morgan fingerprint density at radius 1 is 0.765 bits per heavy atom. The zero-order valence-electron chi connectivity index (χ0n) is 23.9. The average Bonchev–Trinajstić information content (AvgIpc) is 3.08. The predicted octanol–water partition coefficient (Wildman–Crippen LogP) is 8.68. The van der Waals surface area contributed by atoms with Gasteiger partial charge in [-0.1, -0.05) is 55.4 Å². The Balaban J connectivity index is 1.49. The molecule has 1 unspecified atom stereocenters. The average molecular weight is 471 g/mol. The van der Waals surface area contributed by atoms with Gasteiger partial charge in [-0.25, -0.2) is 0 Å². The van der Waals surface area contributed by atoms with Crippen molar-refractivity contribution < 1.29 is 9.53 Å². The Hall–Kier alpha value is -0.530. The number of hydrogen-bond acceptors (Lipinski definition) is 2. The Morgan fingerprint density at radius 3 is 2.12 bits per heavy atom. The van der Waals surface area contributed by atoms with Gasteiger partial charge in [-0.2, -0.15) is 0 Å². The lowest BCUT2D eigenvalue weighted by Gasteiger charge is -2.73. The molecule has 0 radical (unpaired) electrons. The molecule has 5 aliphatic rings. The number of carbonyl (C=O) groups is 1. The third-order valence-corrected chi connectivity index (χ3v) is 14.0. The van der Waals surface area contributed by atoms with Crippen molar-refractivity contribution in [3.05, 3.63) is 0 Å². The summed E-state index contributed by atoms with van der Waals surface area (Å²) in [4.78, 5) is 11.9. The van der Waals surface area contributed by atoms with Gasteiger partial charge in [0, 0.05) is 12.3 Å². The van der Waals surface area contributed by atoms with Crippen LogP contribution in [0.4, 0.5) is 0 Å². The maximum absolute atomic E-state index is 11.9. The Labute approximate surface area is 210 Å². The zero-order valence-corrected chi connectivity index (χ0v) is 23.9. The Kier molecular flexibility index (Phi) is 5.72. The normalized spacial score (nSPS) is 53.9. The Bertz CT molecular complexity index is 829. The first-order chi connectivity index (χ1) is 15.7. The molecule has 0 saturated heterocycles.